The highest BCUT2D eigenvalue weighted by Gasteiger charge is 2.36. The molecule has 1 aliphatic rings. The lowest BCUT2D eigenvalue weighted by atomic mass is 9.95. The number of hydrogen-bond acceptors (Lipinski definition) is 8. The molecule has 0 aliphatic carbocycles. The van der Waals surface area contributed by atoms with Gasteiger partial charge in [0.05, 0.1) is 10.7 Å². The predicted molar refractivity (Wildman–Crippen MR) is 187 cm³/mol. The molecule has 9 nitrogen and oxygen atoms in total. The molecule has 4 aromatic rings. The van der Waals surface area contributed by atoms with Gasteiger partial charge >= 0.3 is 11.8 Å². The third-order valence-electron chi connectivity index (χ3n) is 6.99. The Labute approximate surface area is 276 Å². The quantitative estimate of drug-likeness (QED) is 0.0825. The average Bonchev–Trinajstić information content (AvgIpc) is 3.73. The first kappa shape index (κ1) is 31.9. The van der Waals surface area contributed by atoms with Crippen LogP contribution in [0, 0.1) is 0 Å². The lowest BCUT2D eigenvalue weighted by molar-refractivity contribution is -0.137. The number of fused-ring (bicyclic) bond motifs is 3. The van der Waals surface area contributed by atoms with E-state index in [1.54, 1.807) is 5.38 Å². The van der Waals surface area contributed by atoms with Crippen LogP contribution in [0.3, 0.4) is 0 Å². The zero-order valence-electron chi connectivity index (χ0n) is 23.6. The number of hydrogen-bond donors (Lipinski definition) is 3. The number of anilines is 1. The summed E-state index contributed by atoms with van der Waals surface area (Å²) >= 11 is 11.5. The van der Waals surface area contributed by atoms with Crippen LogP contribution in [0.15, 0.2) is 41.1 Å². The molecule has 2 aromatic carbocycles. The molecule has 1 aliphatic heterocycles. The van der Waals surface area contributed by atoms with Gasteiger partial charge in [-0.05, 0) is 56.8 Å². The van der Waals surface area contributed by atoms with Crippen molar-refractivity contribution in [3.05, 3.63) is 57.4 Å². The Bertz CT molecular complexity index is 1670. The van der Waals surface area contributed by atoms with Crippen LogP contribution in [0.5, 0.6) is 5.75 Å². The SMILES string of the molecule is CS(C)(I)CCCNC(=O)c1csc(-c2csc(CCNC(=O)C(=O)N3CC(CCl)c4c3cc(O)c3ccccc43)n2)n1. The number of thiazole rings is 2. The van der Waals surface area contributed by atoms with E-state index >= 15 is 0 Å². The zero-order valence-corrected chi connectivity index (χ0v) is 28.9. The molecule has 3 heterocycles. The molecule has 1 unspecified atom stereocenters. The Kier molecular flexibility index (Phi) is 10.2. The van der Waals surface area contributed by atoms with Gasteiger partial charge < -0.3 is 20.6 Å². The molecule has 5 rings (SSSR count). The predicted octanol–water partition coefficient (Wildman–Crippen LogP) is 5.69. The van der Waals surface area contributed by atoms with E-state index in [-0.39, 0.29) is 36.5 Å². The van der Waals surface area contributed by atoms with Crippen LogP contribution in [0.1, 0.15) is 33.4 Å². The third-order valence-corrected chi connectivity index (χ3v) is 11.7. The van der Waals surface area contributed by atoms with Crippen molar-refractivity contribution in [1.82, 2.24) is 20.6 Å². The second kappa shape index (κ2) is 13.7. The molecule has 1 atom stereocenters. The van der Waals surface area contributed by atoms with Crippen molar-refractivity contribution >= 4 is 96.9 Å². The number of aromatic nitrogens is 2. The number of benzene rings is 2. The summed E-state index contributed by atoms with van der Waals surface area (Å²) in [7, 11) is -0.615. The maximum atomic E-state index is 13.2. The number of carbonyl (C=O) groups excluding carboxylic acids is 3. The summed E-state index contributed by atoms with van der Waals surface area (Å²) in [6, 6.07) is 8.95. The molecular weight excluding hydrogens is 741 g/mol. The second-order valence-corrected chi connectivity index (χ2v) is 23.0. The summed E-state index contributed by atoms with van der Waals surface area (Å²) in [6.07, 6.45) is 5.87. The Morgan fingerprint density at radius 1 is 1.12 bits per heavy atom. The van der Waals surface area contributed by atoms with Gasteiger partial charge in [-0.15, -0.1) is 34.3 Å². The van der Waals surface area contributed by atoms with Gasteiger partial charge in [-0.25, -0.2) is 9.97 Å². The van der Waals surface area contributed by atoms with Gasteiger partial charge in [-0.2, -0.15) is 7.20 Å². The van der Waals surface area contributed by atoms with Gasteiger partial charge in [0, 0.05) is 60.1 Å². The number of amides is 3. The molecule has 3 amide bonds. The zero-order chi connectivity index (χ0) is 30.7. The van der Waals surface area contributed by atoms with Crippen molar-refractivity contribution in [3.63, 3.8) is 0 Å². The highest BCUT2D eigenvalue weighted by atomic mass is 127. The number of aromatic hydroxyl groups is 1. The topological polar surface area (TPSA) is 125 Å². The average molecular weight is 772 g/mol. The van der Waals surface area contributed by atoms with E-state index in [0.717, 1.165) is 28.1 Å². The summed E-state index contributed by atoms with van der Waals surface area (Å²) in [5, 5.41) is 22.8. The molecule has 0 bridgehead atoms. The molecule has 14 heteroatoms. The Balaban J connectivity index is 1.15. The minimum Gasteiger partial charge on any atom is -0.507 e. The van der Waals surface area contributed by atoms with Crippen molar-refractivity contribution in [2.75, 3.05) is 48.7 Å². The van der Waals surface area contributed by atoms with Crippen LogP contribution in [-0.2, 0) is 16.0 Å². The molecule has 0 radical (unpaired) electrons. The number of rotatable bonds is 10. The molecule has 2 aromatic heterocycles. The largest absolute Gasteiger partial charge is 0.507 e. The molecule has 228 valence electrons. The van der Waals surface area contributed by atoms with E-state index < -0.39 is 19.0 Å². The molecule has 0 fully saturated rings. The highest BCUT2D eigenvalue weighted by molar-refractivity contribution is 14.2. The fourth-order valence-electron chi connectivity index (χ4n) is 4.95. The molecule has 43 heavy (non-hydrogen) atoms. The van der Waals surface area contributed by atoms with Crippen LogP contribution in [0.4, 0.5) is 5.69 Å². The number of phenols is 1. The fourth-order valence-corrected chi connectivity index (χ4v) is 8.59. The van der Waals surface area contributed by atoms with Crippen LogP contribution in [0.25, 0.3) is 21.5 Å². The summed E-state index contributed by atoms with van der Waals surface area (Å²) in [4.78, 5) is 49.0. The van der Waals surface area contributed by atoms with E-state index in [2.05, 4.69) is 54.3 Å². The standard InChI is InChI=1S/C29H31ClIN5O4S3/c1-43(2,31)11-5-9-32-26(38)20-15-42-28(35-20)21-16-41-24(34-21)8-10-33-27(39)29(40)36-14-17(13-30)25-19-7-4-3-6-18(19)23(37)12-22(25)36/h3-4,6-7,12,15-17,37H,5,8-11,13-14H2,1-2H3,(H,32,38)(H,33,39). The van der Waals surface area contributed by atoms with Crippen LogP contribution < -0.4 is 15.5 Å². The second-order valence-electron chi connectivity index (χ2n) is 10.5. The lowest BCUT2D eigenvalue weighted by Gasteiger charge is -2.21. The van der Waals surface area contributed by atoms with E-state index in [9.17, 15) is 19.5 Å². The summed E-state index contributed by atoms with van der Waals surface area (Å²) < 4.78 is 0. The molecule has 0 spiro atoms. The van der Waals surface area contributed by atoms with Crippen molar-refractivity contribution < 1.29 is 19.5 Å². The maximum Gasteiger partial charge on any atom is 0.316 e. The van der Waals surface area contributed by atoms with Crippen LogP contribution in [-0.4, -0.2) is 76.6 Å². The fraction of sp³-hybridized carbons (Fsp3) is 0.345. The van der Waals surface area contributed by atoms with Crippen molar-refractivity contribution in [2.45, 2.75) is 18.8 Å². The van der Waals surface area contributed by atoms with E-state index in [4.69, 9.17) is 11.6 Å². The van der Waals surface area contributed by atoms with Gasteiger partial charge in [-0.3, -0.25) is 14.4 Å². The number of nitrogens with zero attached hydrogens (tertiary/aromatic N) is 3. The number of alkyl halides is 1. The summed E-state index contributed by atoms with van der Waals surface area (Å²) in [5.74, 6) is -0.349. The van der Waals surface area contributed by atoms with Gasteiger partial charge in [0.1, 0.15) is 22.1 Å². The monoisotopic (exact) mass is 771 g/mol. The number of halogens is 2. The lowest BCUT2D eigenvalue weighted by Crippen LogP contribution is -2.43. The Morgan fingerprint density at radius 3 is 2.63 bits per heavy atom. The Morgan fingerprint density at radius 2 is 1.88 bits per heavy atom. The van der Waals surface area contributed by atoms with E-state index in [1.165, 1.54) is 33.6 Å². The van der Waals surface area contributed by atoms with E-state index in [1.807, 2.05) is 29.6 Å². The normalized spacial score (nSPS) is 15.0. The highest BCUT2D eigenvalue weighted by Crippen LogP contribution is 2.49. The third kappa shape index (κ3) is 7.44. The smallest absolute Gasteiger partial charge is 0.316 e. The molecule has 3 N–H and O–H groups in total. The van der Waals surface area contributed by atoms with Crippen LogP contribution >= 0.6 is 62.7 Å². The minimum atomic E-state index is -0.732. The first-order chi connectivity index (χ1) is 20.6. The van der Waals surface area contributed by atoms with Crippen molar-refractivity contribution in [3.8, 4) is 16.5 Å². The van der Waals surface area contributed by atoms with Gasteiger partial charge in [0.15, 0.2) is 0 Å². The van der Waals surface area contributed by atoms with Crippen molar-refractivity contribution in [1.29, 1.82) is 0 Å². The van der Waals surface area contributed by atoms with E-state index in [0.29, 0.717) is 40.4 Å². The summed E-state index contributed by atoms with van der Waals surface area (Å²) in [5.41, 5.74) is 2.43. The first-order valence-corrected chi connectivity index (χ1v) is 21.0. The van der Waals surface area contributed by atoms with Gasteiger partial charge in [-0.1, -0.05) is 24.3 Å². The van der Waals surface area contributed by atoms with Crippen molar-refractivity contribution in [2.24, 2.45) is 0 Å². The molecular formula is C29H31ClIN5O4S3. The number of nitrogens with one attached hydrogen (secondary N) is 2. The minimum absolute atomic E-state index is 0.0481. The molecule has 0 saturated heterocycles. The molecule has 0 saturated carbocycles. The van der Waals surface area contributed by atoms with Gasteiger partial charge in [0.2, 0.25) is 0 Å². The number of phenolic OH excluding ortho intramolecular Hbond substituents is 1. The summed E-state index contributed by atoms with van der Waals surface area (Å²) in [6.45, 7) is 1.11. The van der Waals surface area contributed by atoms with Gasteiger partial charge in [0.25, 0.3) is 5.91 Å². The Hall–Kier alpha value is -2.46. The van der Waals surface area contributed by atoms with Crippen LogP contribution in [0.2, 0.25) is 0 Å². The number of carbonyl (C=O) groups is 3. The maximum absolute atomic E-state index is 13.2. The first-order valence-electron chi connectivity index (χ1n) is 13.5.